The third kappa shape index (κ3) is 2.47. The first kappa shape index (κ1) is 12.0. The Labute approximate surface area is 89.0 Å². The third-order valence-corrected chi connectivity index (χ3v) is 3.17. The molecule has 0 aromatic rings. The zero-order valence-electron chi connectivity index (χ0n) is 8.95. The standard InChI is InChI=1S/C10H18N2O3/c1-7(5-11)8(13)12-6-10(9(14)15)3-2-4-10/h7H,2-6,11H2,1H3,(H,12,13)(H,14,15). The van der Waals surface area contributed by atoms with Crippen LogP contribution in [-0.4, -0.2) is 30.1 Å². The minimum atomic E-state index is -0.811. The van der Waals surface area contributed by atoms with E-state index >= 15 is 0 Å². The predicted molar refractivity (Wildman–Crippen MR) is 55.1 cm³/mol. The highest BCUT2D eigenvalue weighted by Gasteiger charge is 2.44. The summed E-state index contributed by atoms with van der Waals surface area (Å²) in [4.78, 5) is 22.4. The first-order valence-electron chi connectivity index (χ1n) is 5.23. The number of amides is 1. The van der Waals surface area contributed by atoms with Gasteiger partial charge in [-0.1, -0.05) is 13.3 Å². The molecule has 1 fully saturated rings. The summed E-state index contributed by atoms with van der Waals surface area (Å²) in [5, 5.41) is 11.7. The van der Waals surface area contributed by atoms with E-state index in [1.54, 1.807) is 6.92 Å². The number of nitrogens with two attached hydrogens (primary N) is 1. The third-order valence-electron chi connectivity index (χ3n) is 3.17. The molecule has 0 aromatic carbocycles. The van der Waals surface area contributed by atoms with Crippen LogP contribution in [0.15, 0.2) is 0 Å². The van der Waals surface area contributed by atoms with E-state index in [0.29, 0.717) is 12.8 Å². The van der Waals surface area contributed by atoms with Gasteiger partial charge in [-0.05, 0) is 12.8 Å². The first-order chi connectivity index (χ1) is 7.02. The van der Waals surface area contributed by atoms with Crippen LogP contribution < -0.4 is 11.1 Å². The van der Waals surface area contributed by atoms with Gasteiger partial charge in [-0.15, -0.1) is 0 Å². The highest BCUT2D eigenvalue weighted by Crippen LogP contribution is 2.40. The molecule has 0 radical (unpaired) electrons. The second kappa shape index (κ2) is 4.61. The van der Waals surface area contributed by atoms with Gasteiger partial charge in [0.1, 0.15) is 0 Å². The predicted octanol–water partition coefficient (Wildman–Crippen LogP) is -0.0477. The van der Waals surface area contributed by atoms with E-state index in [1.807, 2.05) is 0 Å². The van der Waals surface area contributed by atoms with Crippen molar-refractivity contribution < 1.29 is 14.7 Å². The normalized spacial score (nSPS) is 20.1. The van der Waals surface area contributed by atoms with Crippen molar-refractivity contribution >= 4 is 11.9 Å². The van der Waals surface area contributed by atoms with Crippen LogP contribution in [0.3, 0.4) is 0 Å². The van der Waals surface area contributed by atoms with Gasteiger partial charge in [-0.3, -0.25) is 9.59 Å². The fourth-order valence-corrected chi connectivity index (χ4v) is 1.61. The maximum atomic E-state index is 11.4. The minimum absolute atomic E-state index is 0.162. The number of rotatable bonds is 5. The summed E-state index contributed by atoms with van der Waals surface area (Å²) in [6.45, 7) is 2.24. The molecule has 1 aliphatic rings. The molecule has 86 valence electrons. The van der Waals surface area contributed by atoms with E-state index in [-0.39, 0.29) is 24.9 Å². The average molecular weight is 214 g/mol. The van der Waals surface area contributed by atoms with Crippen LogP contribution in [0.2, 0.25) is 0 Å². The summed E-state index contributed by atoms with van der Waals surface area (Å²) in [5.41, 5.74) is 4.62. The van der Waals surface area contributed by atoms with Crippen molar-refractivity contribution in [1.29, 1.82) is 0 Å². The van der Waals surface area contributed by atoms with Crippen molar-refractivity contribution in [3.8, 4) is 0 Å². The number of nitrogens with one attached hydrogen (secondary N) is 1. The van der Waals surface area contributed by atoms with Gasteiger partial charge >= 0.3 is 5.97 Å². The molecule has 0 aliphatic heterocycles. The highest BCUT2D eigenvalue weighted by molar-refractivity contribution is 5.81. The molecule has 0 saturated heterocycles. The van der Waals surface area contributed by atoms with Crippen LogP contribution in [0.25, 0.3) is 0 Å². The van der Waals surface area contributed by atoms with Crippen molar-refractivity contribution in [2.75, 3.05) is 13.1 Å². The van der Waals surface area contributed by atoms with Gasteiger partial charge in [0.25, 0.3) is 0 Å². The molecule has 5 heteroatoms. The average Bonchev–Trinajstić information content (AvgIpc) is 2.14. The van der Waals surface area contributed by atoms with E-state index in [9.17, 15) is 9.59 Å². The zero-order chi connectivity index (χ0) is 11.5. The number of carbonyl (C=O) groups excluding carboxylic acids is 1. The molecule has 5 nitrogen and oxygen atoms in total. The number of aliphatic carboxylic acids is 1. The van der Waals surface area contributed by atoms with Crippen molar-refractivity contribution in [3.63, 3.8) is 0 Å². The second-order valence-corrected chi connectivity index (χ2v) is 4.29. The van der Waals surface area contributed by atoms with Crippen molar-refractivity contribution in [2.45, 2.75) is 26.2 Å². The highest BCUT2D eigenvalue weighted by atomic mass is 16.4. The summed E-state index contributed by atoms with van der Waals surface area (Å²) in [6, 6.07) is 0. The Hall–Kier alpha value is -1.10. The Morgan fingerprint density at radius 2 is 2.13 bits per heavy atom. The molecule has 1 unspecified atom stereocenters. The van der Waals surface area contributed by atoms with E-state index in [1.165, 1.54) is 0 Å². The lowest BCUT2D eigenvalue weighted by Gasteiger charge is -2.37. The lowest BCUT2D eigenvalue weighted by molar-refractivity contribution is -0.154. The van der Waals surface area contributed by atoms with Crippen LogP contribution >= 0.6 is 0 Å². The first-order valence-corrected chi connectivity index (χ1v) is 5.23. The van der Waals surface area contributed by atoms with Crippen LogP contribution in [-0.2, 0) is 9.59 Å². The fraction of sp³-hybridized carbons (Fsp3) is 0.800. The van der Waals surface area contributed by atoms with Gasteiger partial charge in [0.05, 0.1) is 5.41 Å². The number of hydrogen-bond donors (Lipinski definition) is 3. The van der Waals surface area contributed by atoms with Gasteiger partial charge in [-0.2, -0.15) is 0 Å². The molecule has 1 saturated carbocycles. The Morgan fingerprint density at radius 1 is 1.53 bits per heavy atom. The molecule has 1 atom stereocenters. The van der Waals surface area contributed by atoms with Crippen LogP contribution in [0, 0.1) is 11.3 Å². The second-order valence-electron chi connectivity index (χ2n) is 4.29. The Balaban J connectivity index is 2.42. The maximum absolute atomic E-state index is 11.4. The molecule has 0 bridgehead atoms. The van der Waals surface area contributed by atoms with Crippen molar-refractivity contribution in [3.05, 3.63) is 0 Å². The molecule has 4 N–H and O–H groups in total. The molecule has 1 amide bonds. The number of carboxylic acids is 1. The summed E-state index contributed by atoms with van der Waals surface area (Å²) in [6.07, 6.45) is 2.23. The fourth-order valence-electron chi connectivity index (χ4n) is 1.61. The van der Waals surface area contributed by atoms with E-state index in [2.05, 4.69) is 5.32 Å². The summed E-state index contributed by atoms with van der Waals surface area (Å²) in [7, 11) is 0. The maximum Gasteiger partial charge on any atom is 0.311 e. The van der Waals surface area contributed by atoms with E-state index < -0.39 is 11.4 Å². The molecule has 1 rings (SSSR count). The topological polar surface area (TPSA) is 92.4 Å². The molecular weight excluding hydrogens is 196 g/mol. The Kier molecular flexibility index (Phi) is 3.68. The quantitative estimate of drug-likeness (QED) is 0.598. The van der Waals surface area contributed by atoms with Crippen molar-refractivity contribution in [1.82, 2.24) is 5.32 Å². The summed E-state index contributed by atoms with van der Waals surface area (Å²) in [5.74, 6) is -1.23. The van der Waals surface area contributed by atoms with Crippen LogP contribution in [0.4, 0.5) is 0 Å². The van der Waals surface area contributed by atoms with Gasteiger partial charge in [0.2, 0.25) is 5.91 Å². The lowest BCUT2D eigenvalue weighted by Crippen LogP contribution is -2.49. The molecule has 0 aromatic heterocycles. The molecule has 0 heterocycles. The number of carboxylic acid groups (broad SMARTS) is 1. The van der Waals surface area contributed by atoms with Crippen LogP contribution in [0.1, 0.15) is 26.2 Å². The summed E-state index contributed by atoms with van der Waals surface area (Å²) >= 11 is 0. The smallest absolute Gasteiger partial charge is 0.311 e. The van der Waals surface area contributed by atoms with Gasteiger partial charge in [0.15, 0.2) is 0 Å². The van der Waals surface area contributed by atoms with Gasteiger partial charge < -0.3 is 16.2 Å². The van der Waals surface area contributed by atoms with E-state index in [0.717, 1.165) is 6.42 Å². The molecular formula is C10H18N2O3. The van der Waals surface area contributed by atoms with Gasteiger partial charge in [-0.25, -0.2) is 0 Å². The Bertz CT molecular complexity index is 261. The van der Waals surface area contributed by atoms with Gasteiger partial charge in [0, 0.05) is 19.0 Å². The number of hydrogen-bond acceptors (Lipinski definition) is 3. The zero-order valence-corrected chi connectivity index (χ0v) is 8.95. The van der Waals surface area contributed by atoms with Crippen LogP contribution in [0.5, 0.6) is 0 Å². The SMILES string of the molecule is CC(CN)C(=O)NCC1(C(=O)O)CCC1. The Morgan fingerprint density at radius 3 is 2.47 bits per heavy atom. The minimum Gasteiger partial charge on any atom is -0.481 e. The van der Waals surface area contributed by atoms with E-state index in [4.69, 9.17) is 10.8 Å². The molecule has 15 heavy (non-hydrogen) atoms. The molecule has 0 spiro atoms. The summed E-state index contributed by atoms with van der Waals surface area (Å²) < 4.78 is 0. The lowest BCUT2D eigenvalue weighted by atomic mass is 9.69. The molecule has 1 aliphatic carbocycles. The van der Waals surface area contributed by atoms with Crippen molar-refractivity contribution in [2.24, 2.45) is 17.1 Å². The number of carbonyl (C=O) groups is 2. The largest absolute Gasteiger partial charge is 0.481 e. The monoisotopic (exact) mass is 214 g/mol.